The van der Waals surface area contributed by atoms with Gasteiger partial charge in [-0.05, 0) is 30.0 Å². The normalized spacial score (nSPS) is 16.3. The van der Waals surface area contributed by atoms with Gasteiger partial charge in [0.1, 0.15) is 0 Å². The minimum absolute atomic E-state index is 0.0463. The minimum atomic E-state index is -0.102. The van der Waals surface area contributed by atoms with Crippen molar-refractivity contribution in [2.75, 3.05) is 18.1 Å². The predicted octanol–water partition coefficient (Wildman–Crippen LogP) is 3.72. The Hall–Kier alpha value is -2.27. The molecule has 2 aromatic rings. The molecule has 0 saturated carbocycles. The Balaban J connectivity index is 1.46. The highest BCUT2D eigenvalue weighted by Crippen LogP contribution is 2.27. The number of hydrogen-bond donors (Lipinski definition) is 1. The van der Waals surface area contributed by atoms with Gasteiger partial charge in [0.15, 0.2) is 0 Å². The number of nitrogens with one attached hydrogen (secondary N) is 1. The SMILES string of the molecule is CN(Cc1ccccc1)C(=O)CCS[C@@H]1CCc2ccccc2NC1=O. The zero-order valence-corrected chi connectivity index (χ0v) is 15.8. The third-order valence-electron chi connectivity index (χ3n) is 4.57. The number of hydrogen-bond acceptors (Lipinski definition) is 3. The summed E-state index contributed by atoms with van der Waals surface area (Å²) < 4.78 is 0. The Morgan fingerprint density at radius 1 is 1.15 bits per heavy atom. The maximum absolute atomic E-state index is 12.4. The molecule has 136 valence electrons. The molecule has 0 radical (unpaired) electrons. The third-order valence-corrected chi connectivity index (χ3v) is 5.86. The van der Waals surface area contributed by atoms with Crippen molar-refractivity contribution in [1.29, 1.82) is 0 Å². The van der Waals surface area contributed by atoms with E-state index in [1.807, 2.05) is 55.6 Å². The van der Waals surface area contributed by atoms with Crippen molar-refractivity contribution in [1.82, 2.24) is 4.90 Å². The number of fused-ring (bicyclic) bond motifs is 1. The molecule has 0 unspecified atom stereocenters. The van der Waals surface area contributed by atoms with Gasteiger partial charge in [0.05, 0.1) is 5.25 Å². The first kappa shape index (κ1) is 18.5. The van der Waals surface area contributed by atoms with Crippen LogP contribution in [0.25, 0.3) is 0 Å². The average molecular weight is 369 g/mol. The highest BCUT2D eigenvalue weighted by molar-refractivity contribution is 8.00. The van der Waals surface area contributed by atoms with Gasteiger partial charge in [-0.25, -0.2) is 0 Å². The van der Waals surface area contributed by atoms with Crippen molar-refractivity contribution in [2.24, 2.45) is 0 Å². The van der Waals surface area contributed by atoms with Crippen molar-refractivity contribution < 1.29 is 9.59 Å². The fourth-order valence-electron chi connectivity index (χ4n) is 3.08. The Morgan fingerprint density at radius 2 is 1.88 bits per heavy atom. The maximum atomic E-state index is 12.4. The summed E-state index contributed by atoms with van der Waals surface area (Å²) in [7, 11) is 1.83. The lowest BCUT2D eigenvalue weighted by molar-refractivity contribution is -0.130. The zero-order valence-electron chi connectivity index (χ0n) is 15.0. The van der Waals surface area contributed by atoms with Gasteiger partial charge in [0, 0.05) is 31.5 Å². The number of thioether (sulfide) groups is 1. The average Bonchev–Trinajstić information content (AvgIpc) is 2.81. The van der Waals surface area contributed by atoms with E-state index in [1.54, 1.807) is 16.7 Å². The van der Waals surface area contributed by atoms with Gasteiger partial charge in [-0.15, -0.1) is 11.8 Å². The van der Waals surface area contributed by atoms with Crippen LogP contribution >= 0.6 is 11.8 Å². The second-order valence-corrected chi connectivity index (χ2v) is 7.84. The van der Waals surface area contributed by atoms with Gasteiger partial charge >= 0.3 is 0 Å². The Kier molecular flexibility index (Phi) is 6.34. The topological polar surface area (TPSA) is 49.4 Å². The van der Waals surface area contributed by atoms with E-state index >= 15 is 0 Å². The van der Waals surface area contributed by atoms with Crippen LogP contribution in [0.1, 0.15) is 24.0 Å². The van der Waals surface area contributed by atoms with E-state index in [1.165, 1.54) is 5.56 Å². The lowest BCUT2D eigenvalue weighted by Crippen LogP contribution is -2.28. The second kappa shape index (κ2) is 8.90. The standard InChI is InChI=1S/C21H24N2O2S/c1-23(15-16-7-3-2-4-8-16)20(24)13-14-26-19-12-11-17-9-5-6-10-18(17)22-21(19)25/h2-10,19H,11-15H2,1H3,(H,22,25)/t19-/m1/s1. The Morgan fingerprint density at radius 3 is 2.69 bits per heavy atom. The molecule has 1 heterocycles. The molecule has 1 aliphatic rings. The van der Waals surface area contributed by atoms with Gasteiger partial charge in [-0.2, -0.15) is 0 Å². The van der Waals surface area contributed by atoms with Crippen LogP contribution in [0.4, 0.5) is 5.69 Å². The van der Waals surface area contributed by atoms with Crippen LogP contribution in [0.5, 0.6) is 0 Å². The van der Waals surface area contributed by atoms with Gasteiger partial charge < -0.3 is 10.2 Å². The number of rotatable bonds is 6. The van der Waals surface area contributed by atoms with Crippen LogP contribution < -0.4 is 5.32 Å². The number of anilines is 1. The van der Waals surface area contributed by atoms with Crippen molar-refractivity contribution in [2.45, 2.75) is 31.1 Å². The summed E-state index contributed by atoms with van der Waals surface area (Å²) in [6, 6.07) is 17.9. The number of amides is 2. The monoisotopic (exact) mass is 368 g/mol. The summed E-state index contributed by atoms with van der Waals surface area (Å²) in [5.74, 6) is 0.815. The van der Waals surface area contributed by atoms with Gasteiger partial charge in [0.2, 0.25) is 11.8 Å². The van der Waals surface area contributed by atoms with Crippen LogP contribution in [0, 0.1) is 0 Å². The van der Waals surface area contributed by atoms with E-state index < -0.39 is 0 Å². The summed E-state index contributed by atoms with van der Waals surface area (Å²) in [4.78, 5) is 26.5. The molecule has 1 N–H and O–H groups in total. The van der Waals surface area contributed by atoms with Crippen LogP contribution in [0.15, 0.2) is 54.6 Å². The third kappa shape index (κ3) is 4.88. The van der Waals surface area contributed by atoms with E-state index in [0.29, 0.717) is 18.7 Å². The van der Waals surface area contributed by atoms with Crippen molar-refractivity contribution >= 4 is 29.3 Å². The first-order valence-electron chi connectivity index (χ1n) is 8.92. The minimum Gasteiger partial charge on any atom is -0.341 e. The molecule has 1 atom stereocenters. The zero-order chi connectivity index (χ0) is 18.4. The number of para-hydroxylation sites is 1. The molecular weight excluding hydrogens is 344 g/mol. The van der Waals surface area contributed by atoms with Crippen molar-refractivity contribution in [3.05, 3.63) is 65.7 Å². The quantitative estimate of drug-likeness (QED) is 0.845. The molecule has 2 aromatic carbocycles. The lowest BCUT2D eigenvalue weighted by atomic mass is 10.1. The second-order valence-electron chi connectivity index (χ2n) is 6.53. The molecule has 0 fully saturated rings. The molecule has 0 saturated heterocycles. The molecule has 1 aliphatic heterocycles. The van der Waals surface area contributed by atoms with Gasteiger partial charge in [-0.1, -0.05) is 48.5 Å². The molecule has 0 aliphatic carbocycles. The molecule has 0 spiro atoms. The molecule has 0 aromatic heterocycles. The molecule has 0 bridgehead atoms. The predicted molar refractivity (Wildman–Crippen MR) is 107 cm³/mol. The van der Waals surface area contributed by atoms with E-state index in [-0.39, 0.29) is 17.1 Å². The summed E-state index contributed by atoms with van der Waals surface area (Å²) >= 11 is 1.58. The van der Waals surface area contributed by atoms with Crippen LogP contribution in [0.2, 0.25) is 0 Å². The fourth-order valence-corrected chi connectivity index (χ4v) is 4.15. The smallest absolute Gasteiger partial charge is 0.237 e. The van der Waals surface area contributed by atoms with E-state index in [0.717, 1.165) is 24.1 Å². The summed E-state index contributed by atoms with van der Waals surface area (Å²) in [6.45, 7) is 0.615. The van der Waals surface area contributed by atoms with Gasteiger partial charge in [0.25, 0.3) is 0 Å². The lowest BCUT2D eigenvalue weighted by Gasteiger charge is -2.18. The molecule has 2 amide bonds. The highest BCUT2D eigenvalue weighted by Gasteiger charge is 2.24. The van der Waals surface area contributed by atoms with Crippen LogP contribution in [-0.2, 0) is 22.6 Å². The van der Waals surface area contributed by atoms with Gasteiger partial charge in [-0.3, -0.25) is 9.59 Å². The highest BCUT2D eigenvalue weighted by atomic mass is 32.2. The molecule has 26 heavy (non-hydrogen) atoms. The summed E-state index contributed by atoms with van der Waals surface area (Å²) in [6.07, 6.45) is 2.14. The van der Waals surface area contributed by atoms with E-state index in [9.17, 15) is 9.59 Å². The summed E-state index contributed by atoms with van der Waals surface area (Å²) in [5, 5.41) is 2.91. The largest absolute Gasteiger partial charge is 0.341 e. The molecular formula is C21H24N2O2S. The molecule has 4 nitrogen and oxygen atoms in total. The molecule has 3 rings (SSSR count). The first-order chi connectivity index (χ1) is 12.6. The Bertz CT molecular complexity index is 764. The number of benzene rings is 2. The number of aryl methyl sites for hydroxylation is 1. The Labute approximate surface area is 159 Å². The first-order valence-corrected chi connectivity index (χ1v) is 9.96. The molecule has 5 heteroatoms. The van der Waals surface area contributed by atoms with E-state index in [2.05, 4.69) is 11.4 Å². The fraction of sp³-hybridized carbons (Fsp3) is 0.333. The van der Waals surface area contributed by atoms with Crippen LogP contribution in [0.3, 0.4) is 0 Å². The van der Waals surface area contributed by atoms with Crippen molar-refractivity contribution in [3.8, 4) is 0 Å². The van der Waals surface area contributed by atoms with Crippen molar-refractivity contribution in [3.63, 3.8) is 0 Å². The number of carbonyl (C=O) groups excluding carboxylic acids is 2. The van der Waals surface area contributed by atoms with E-state index in [4.69, 9.17) is 0 Å². The number of carbonyl (C=O) groups is 2. The summed E-state index contributed by atoms with van der Waals surface area (Å²) in [5.41, 5.74) is 3.22. The maximum Gasteiger partial charge on any atom is 0.237 e. The van der Waals surface area contributed by atoms with Crippen LogP contribution in [-0.4, -0.2) is 34.8 Å². The number of nitrogens with zero attached hydrogens (tertiary/aromatic N) is 1.